The molecule has 4 nitrogen and oxygen atoms in total. The van der Waals surface area contributed by atoms with Crippen LogP contribution in [0.3, 0.4) is 0 Å². The van der Waals surface area contributed by atoms with E-state index in [0.29, 0.717) is 17.9 Å². The summed E-state index contributed by atoms with van der Waals surface area (Å²) in [5.41, 5.74) is 4.63. The maximum absolute atomic E-state index is 10.8. The Bertz CT molecular complexity index is 808. The van der Waals surface area contributed by atoms with E-state index in [0.717, 1.165) is 32.1 Å². The lowest BCUT2D eigenvalue weighted by molar-refractivity contribution is -0.136. The molecule has 226 valence electrons. The monoisotopic (exact) mass is 578 g/mol. The molecule has 6 heteroatoms. The van der Waals surface area contributed by atoms with E-state index in [1.165, 1.54) is 37.4 Å². The lowest BCUT2D eigenvalue weighted by Gasteiger charge is -2.41. The molecule has 1 rings (SSSR count). The summed E-state index contributed by atoms with van der Waals surface area (Å²) in [5, 5.41) is 9.09. The summed E-state index contributed by atoms with van der Waals surface area (Å²) < 4.78 is 14.2. The van der Waals surface area contributed by atoms with E-state index in [2.05, 4.69) is 80.3 Å². The van der Waals surface area contributed by atoms with E-state index < -0.39 is 22.6 Å². The molecule has 4 atom stereocenters. The summed E-state index contributed by atoms with van der Waals surface area (Å²) >= 11 is 0. The molecule has 0 saturated carbocycles. The lowest BCUT2D eigenvalue weighted by Crippen LogP contribution is -2.45. The SMILES string of the molecule is CCCCC(C)C(CCC1=CCC(O[Si](CC)(CC)CC)[C@@H]1CCC=C=CCC(=O)O)O[Si](C)(C)C(C)(C)C. The third-order valence-corrected chi connectivity index (χ3v) is 18.8. The maximum Gasteiger partial charge on any atom is 0.307 e. The quantitative estimate of drug-likeness (QED) is 0.0941. The highest BCUT2D eigenvalue weighted by molar-refractivity contribution is 6.74. The van der Waals surface area contributed by atoms with Gasteiger partial charge in [-0.2, -0.15) is 0 Å². The number of carboxylic acid groups (broad SMARTS) is 1. The molecule has 0 spiro atoms. The fraction of sp³-hybridized carbons (Fsp3) is 0.818. The number of carboxylic acids is 1. The van der Waals surface area contributed by atoms with E-state index in [4.69, 9.17) is 14.0 Å². The van der Waals surface area contributed by atoms with Crippen LogP contribution < -0.4 is 0 Å². The summed E-state index contributed by atoms with van der Waals surface area (Å²) in [7, 11) is -3.57. The molecule has 1 aliphatic rings. The van der Waals surface area contributed by atoms with Gasteiger partial charge in [0.2, 0.25) is 0 Å². The van der Waals surface area contributed by atoms with Crippen LogP contribution in [0.5, 0.6) is 0 Å². The zero-order chi connectivity index (χ0) is 29.7. The molecule has 0 aromatic rings. The predicted octanol–water partition coefficient (Wildman–Crippen LogP) is 10.3. The topological polar surface area (TPSA) is 55.8 Å². The molecule has 39 heavy (non-hydrogen) atoms. The summed E-state index contributed by atoms with van der Waals surface area (Å²) in [6, 6.07) is 3.52. The number of hydrogen-bond donors (Lipinski definition) is 1. The van der Waals surface area contributed by atoms with Crippen molar-refractivity contribution in [3.63, 3.8) is 0 Å². The van der Waals surface area contributed by atoms with Gasteiger partial charge in [0.05, 0.1) is 12.5 Å². The number of hydrogen-bond acceptors (Lipinski definition) is 3. The first-order valence-electron chi connectivity index (χ1n) is 15.9. The largest absolute Gasteiger partial charge is 0.481 e. The Kier molecular flexibility index (Phi) is 15.9. The number of carbonyl (C=O) groups is 1. The van der Waals surface area contributed by atoms with Crippen molar-refractivity contribution in [2.75, 3.05) is 0 Å². The molecule has 0 fully saturated rings. The zero-order valence-corrected chi connectivity index (χ0v) is 29.2. The first-order valence-corrected chi connectivity index (χ1v) is 21.3. The third kappa shape index (κ3) is 11.8. The molecule has 0 amide bonds. The molecular weight excluding hydrogens is 517 g/mol. The number of unbranched alkanes of at least 4 members (excludes halogenated alkanes) is 1. The first-order chi connectivity index (χ1) is 18.3. The average Bonchev–Trinajstić information content (AvgIpc) is 3.25. The van der Waals surface area contributed by atoms with Gasteiger partial charge in [-0.25, -0.2) is 0 Å². The van der Waals surface area contributed by atoms with Crippen molar-refractivity contribution in [1.29, 1.82) is 0 Å². The van der Waals surface area contributed by atoms with E-state index in [-0.39, 0.29) is 17.6 Å². The summed E-state index contributed by atoms with van der Waals surface area (Å²) in [5.74, 6) is 0.181. The smallest absolute Gasteiger partial charge is 0.307 e. The van der Waals surface area contributed by atoms with Crippen LogP contribution in [0.2, 0.25) is 36.3 Å². The molecule has 3 unspecified atom stereocenters. The molecule has 1 N–H and O–H groups in total. The minimum absolute atomic E-state index is 0.0280. The second-order valence-electron chi connectivity index (χ2n) is 13.3. The molecule has 0 bridgehead atoms. The van der Waals surface area contributed by atoms with Crippen LogP contribution in [0.25, 0.3) is 0 Å². The Morgan fingerprint density at radius 2 is 1.77 bits per heavy atom. The standard InChI is InChI=1S/C33H62O4Si2/c1-11-15-20-27(5)30(36-38(9,10)33(6,7)8)25-23-28-24-26-31(37-39(12-2,13-3)14-4)29(28)21-18-16-17-19-22-32(34)35/h16,19,24,27,29-31H,11-15,18,20-23,25-26H2,1-10H3,(H,34,35)/t17?,27?,29-,30?,31?/m1/s1. The Morgan fingerprint density at radius 1 is 1.13 bits per heavy atom. The van der Waals surface area contributed by atoms with Gasteiger partial charge in [-0.05, 0) is 92.9 Å². The van der Waals surface area contributed by atoms with Gasteiger partial charge in [0.25, 0.3) is 0 Å². The summed E-state index contributed by atoms with van der Waals surface area (Å²) in [6.45, 7) is 23.4. The molecule has 1 aliphatic carbocycles. The minimum atomic E-state index is -1.86. The highest BCUT2D eigenvalue weighted by atomic mass is 28.4. The van der Waals surface area contributed by atoms with Crippen LogP contribution in [0, 0.1) is 11.8 Å². The van der Waals surface area contributed by atoms with Gasteiger partial charge in [-0.3, -0.25) is 4.79 Å². The number of rotatable bonds is 19. The zero-order valence-electron chi connectivity index (χ0n) is 27.2. The Hall–Kier alpha value is -0.916. The van der Waals surface area contributed by atoms with Crippen LogP contribution in [0.15, 0.2) is 29.5 Å². The Morgan fingerprint density at radius 3 is 2.31 bits per heavy atom. The van der Waals surface area contributed by atoms with E-state index >= 15 is 0 Å². The molecule has 0 aliphatic heterocycles. The van der Waals surface area contributed by atoms with Crippen LogP contribution in [0.1, 0.15) is 113 Å². The van der Waals surface area contributed by atoms with Gasteiger partial charge >= 0.3 is 5.97 Å². The van der Waals surface area contributed by atoms with E-state index in [9.17, 15) is 4.79 Å². The minimum Gasteiger partial charge on any atom is -0.481 e. The second-order valence-corrected chi connectivity index (χ2v) is 22.8. The fourth-order valence-electron chi connectivity index (χ4n) is 5.54. The predicted molar refractivity (Wildman–Crippen MR) is 172 cm³/mol. The van der Waals surface area contributed by atoms with Crippen LogP contribution in [-0.4, -0.2) is 39.9 Å². The molecule has 0 radical (unpaired) electrons. The van der Waals surface area contributed by atoms with Crippen LogP contribution in [-0.2, 0) is 13.6 Å². The fourth-order valence-corrected chi connectivity index (χ4v) is 9.91. The van der Waals surface area contributed by atoms with E-state index in [1.807, 2.05) is 6.08 Å². The summed E-state index contributed by atoms with van der Waals surface area (Å²) in [4.78, 5) is 10.8. The first kappa shape index (κ1) is 36.1. The second kappa shape index (κ2) is 17.1. The van der Waals surface area contributed by atoms with Gasteiger partial charge in [0, 0.05) is 12.0 Å². The molecular formula is C33H62O4Si2. The van der Waals surface area contributed by atoms with Crippen molar-refractivity contribution >= 4 is 22.6 Å². The van der Waals surface area contributed by atoms with Gasteiger partial charge < -0.3 is 14.0 Å². The van der Waals surface area contributed by atoms with Crippen molar-refractivity contribution in [3.8, 4) is 0 Å². The van der Waals surface area contributed by atoms with Gasteiger partial charge in [0.15, 0.2) is 16.6 Å². The Balaban J connectivity index is 3.09. The number of aliphatic carboxylic acids is 1. The van der Waals surface area contributed by atoms with Crippen LogP contribution in [0.4, 0.5) is 0 Å². The van der Waals surface area contributed by atoms with Gasteiger partial charge in [-0.1, -0.05) is 79.9 Å². The molecule has 0 aromatic heterocycles. The van der Waals surface area contributed by atoms with Gasteiger partial charge in [0.1, 0.15) is 0 Å². The van der Waals surface area contributed by atoms with E-state index in [1.54, 1.807) is 11.6 Å². The molecule has 0 heterocycles. The molecule has 0 saturated heterocycles. The van der Waals surface area contributed by atoms with Crippen LogP contribution >= 0.6 is 0 Å². The summed E-state index contributed by atoms with van der Waals surface area (Å²) in [6.07, 6.45) is 15.6. The van der Waals surface area contributed by atoms with Crippen molar-refractivity contribution in [2.24, 2.45) is 11.8 Å². The highest BCUT2D eigenvalue weighted by Crippen LogP contribution is 2.42. The normalized spacial score (nSPS) is 19.8. The van der Waals surface area contributed by atoms with Crippen molar-refractivity contribution in [1.82, 2.24) is 0 Å². The Labute approximate surface area is 244 Å². The lowest BCUT2D eigenvalue weighted by atomic mass is 9.88. The molecule has 0 aromatic carbocycles. The van der Waals surface area contributed by atoms with Crippen molar-refractivity contribution in [2.45, 2.75) is 162 Å². The maximum atomic E-state index is 10.8. The third-order valence-electron chi connectivity index (χ3n) is 9.62. The van der Waals surface area contributed by atoms with Gasteiger partial charge in [-0.15, -0.1) is 5.73 Å². The average molecular weight is 579 g/mol. The highest BCUT2D eigenvalue weighted by Gasteiger charge is 2.41. The van der Waals surface area contributed by atoms with Crippen molar-refractivity contribution < 1.29 is 18.8 Å². The van der Waals surface area contributed by atoms with Crippen molar-refractivity contribution in [3.05, 3.63) is 29.5 Å².